The Balaban J connectivity index is 1.75. The summed E-state index contributed by atoms with van der Waals surface area (Å²) in [6.07, 6.45) is 1.57. The number of halogens is 1. The Labute approximate surface area is 126 Å². The number of nitrogens with zero attached hydrogens (tertiary/aromatic N) is 1. The summed E-state index contributed by atoms with van der Waals surface area (Å²) in [6.45, 7) is 2.19. The number of hydrazone groups is 1. The van der Waals surface area contributed by atoms with Crippen LogP contribution in [0.2, 0.25) is 4.34 Å². The van der Waals surface area contributed by atoms with Crippen molar-refractivity contribution in [1.29, 1.82) is 0 Å². The van der Waals surface area contributed by atoms with Gasteiger partial charge >= 0.3 is 0 Å². The van der Waals surface area contributed by atoms with Crippen LogP contribution in [-0.2, 0) is 4.79 Å². The van der Waals surface area contributed by atoms with Crippen LogP contribution in [0.25, 0.3) is 0 Å². The van der Waals surface area contributed by atoms with Crippen LogP contribution < -0.4 is 10.7 Å². The van der Waals surface area contributed by atoms with Crippen molar-refractivity contribution in [2.75, 3.05) is 11.9 Å². The number of hydrogen-bond donors (Lipinski definition) is 2. The highest BCUT2D eigenvalue weighted by Gasteiger charge is 1.99. The van der Waals surface area contributed by atoms with Gasteiger partial charge in [0.05, 0.1) is 17.1 Å². The molecule has 1 aromatic carbocycles. The number of carbonyl (C=O) groups is 1. The van der Waals surface area contributed by atoms with Gasteiger partial charge in [-0.3, -0.25) is 4.79 Å². The number of carbonyl (C=O) groups excluding carboxylic acids is 1. The second kappa shape index (κ2) is 7.07. The van der Waals surface area contributed by atoms with E-state index in [1.807, 2.05) is 37.3 Å². The lowest BCUT2D eigenvalue weighted by Crippen LogP contribution is -2.25. The van der Waals surface area contributed by atoms with Crippen molar-refractivity contribution in [3.63, 3.8) is 0 Å². The van der Waals surface area contributed by atoms with E-state index in [1.54, 1.807) is 12.3 Å². The second-order valence-electron chi connectivity index (χ2n) is 4.15. The molecular weight excluding hydrogens is 294 g/mol. The van der Waals surface area contributed by atoms with Crippen molar-refractivity contribution in [2.45, 2.75) is 6.92 Å². The first-order valence-electron chi connectivity index (χ1n) is 6.01. The van der Waals surface area contributed by atoms with Gasteiger partial charge in [-0.2, -0.15) is 5.10 Å². The van der Waals surface area contributed by atoms with Crippen LogP contribution in [0.3, 0.4) is 0 Å². The lowest BCUT2D eigenvalue weighted by atomic mass is 10.2. The molecule has 1 heterocycles. The number of benzene rings is 1. The molecule has 0 atom stereocenters. The maximum absolute atomic E-state index is 11.6. The summed E-state index contributed by atoms with van der Waals surface area (Å²) in [5.41, 5.74) is 4.54. The Kier molecular flexibility index (Phi) is 5.15. The van der Waals surface area contributed by atoms with Crippen molar-refractivity contribution in [2.24, 2.45) is 5.10 Å². The minimum atomic E-state index is -0.204. The summed E-state index contributed by atoms with van der Waals surface area (Å²) in [6, 6.07) is 11.5. The van der Waals surface area contributed by atoms with Gasteiger partial charge in [0, 0.05) is 10.6 Å². The molecule has 1 amide bonds. The zero-order valence-corrected chi connectivity index (χ0v) is 12.5. The summed E-state index contributed by atoms with van der Waals surface area (Å²) in [4.78, 5) is 12.5. The second-order valence-corrected chi connectivity index (χ2v) is 5.90. The van der Waals surface area contributed by atoms with E-state index >= 15 is 0 Å². The highest BCUT2D eigenvalue weighted by atomic mass is 35.5. The predicted molar refractivity (Wildman–Crippen MR) is 84.7 cm³/mol. The normalized spacial score (nSPS) is 10.7. The van der Waals surface area contributed by atoms with Crippen molar-refractivity contribution < 1.29 is 4.79 Å². The monoisotopic (exact) mass is 307 g/mol. The Morgan fingerprint density at radius 2 is 2.05 bits per heavy atom. The Morgan fingerprint density at radius 3 is 2.70 bits per heavy atom. The molecule has 0 bridgehead atoms. The number of aryl methyl sites for hydroxylation is 1. The van der Waals surface area contributed by atoms with Crippen LogP contribution in [0, 0.1) is 6.92 Å². The van der Waals surface area contributed by atoms with Crippen LogP contribution >= 0.6 is 22.9 Å². The molecule has 4 nitrogen and oxygen atoms in total. The van der Waals surface area contributed by atoms with Crippen LogP contribution in [0.15, 0.2) is 41.5 Å². The van der Waals surface area contributed by atoms with Gasteiger partial charge < -0.3 is 5.32 Å². The third-order valence-electron chi connectivity index (χ3n) is 2.48. The van der Waals surface area contributed by atoms with Crippen molar-refractivity contribution in [3.8, 4) is 0 Å². The molecule has 0 aliphatic carbocycles. The van der Waals surface area contributed by atoms with E-state index in [0.29, 0.717) is 4.34 Å². The molecule has 0 saturated heterocycles. The molecule has 0 unspecified atom stereocenters. The Morgan fingerprint density at radius 1 is 1.30 bits per heavy atom. The Hall–Kier alpha value is -1.85. The zero-order chi connectivity index (χ0) is 14.4. The minimum absolute atomic E-state index is 0.172. The Bertz CT molecular complexity index is 607. The molecule has 0 aliphatic heterocycles. The highest BCUT2D eigenvalue weighted by Crippen LogP contribution is 2.19. The molecule has 0 fully saturated rings. The summed E-state index contributed by atoms with van der Waals surface area (Å²) in [5.74, 6) is -0.204. The van der Waals surface area contributed by atoms with Crippen molar-refractivity contribution in [1.82, 2.24) is 5.43 Å². The summed E-state index contributed by atoms with van der Waals surface area (Å²) in [5, 5.41) is 6.89. The van der Waals surface area contributed by atoms with Gasteiger partial charge in [0.1, 0.15) is 0 Å². The number of rotatable bonds is 5. The van der Waals surface area contributed by atoms with Crippen molar-refractivity contribution >= 4 is 40.7 Å². The predicted octanol–water partition coefficient (Wildman–Crippen LogP) is 3.27. The van der Waals surface area contributed by atoms with E-state index in [9.17, 15) is 4.79 Å². The smallest absolute Gasteiger partial charge is 0.259 e. The first-order valence-corrected chi connectivity index (χ1v) is 7.21. The summed E-state index contributed by atoms with van der Waals surface area (Å²) < 4.78 is 0.693. The summed E-state index contributed by atoms with van der Waals surface area (Å²) >= 11 is 7.19. The average molecular weight is 308 g/mol. The van der Waals surface area contributed by atoms with Gasteiger partial charge in [0.15, 0.2) is 0 Å². The molecule has 0 aliphatic rings. The van der Waals surface area contributed by atoms with Crippen LogP contribution in [0.1, 0.15) is 10.4 Å². The average Bonchev–Trinajstić information content (AvgIpc) is 2.84. The molecule has 20 heavy (non-hydrogen) atoms. The number of amides is 1. The third kappa shape index (κ3) is 4.68. The van der Waals surface area contributed by atoms with E-state index in [1.165, 1.54) is 16.9 Å². The standard InChI is InChI=1S/C14H14ClN3OS/c1-10-2-4-11(5-3-10)16-9-14(19)18-17-8-12-6-7-13(15)20-12/h2-8,16H,9H2,1H3,(H,18,19)/b17-8+. The quantitative estimate of drug-likeness (QED) is 0.658. The van der Waals surface area contributed by atoms with E-state index in [0.717, 1.165) is 10.6 Å². The van der Waals surface area contributed by atoms with E-state index in [-0.39, 0.29) is 12.5 Å². The van der Waals surface area contributed by atoms with Gasteiger partial charge in [-0.15, -0.1) is 11.3 Å². The molecule has 104 valence electrons. The van der Waals surface area contributed by atoms with E-state index in [2.05, 4.69) is 15.8 Å². The fraction of sp³-hybridized carbons (Fsp3) is 0.143. The largest absolute Gasteiger partial charge is 0.376 e. The molecule has 2 aromatic rings. The number of hydrogen-bond acceptors (Lipinski definition) is 4. The van der Waals surface area contributed by atoms with Gasteiger partial charge in [-0.1, -0.05) is 29.3 Å². The number of nitrogens with one attached hydrogen (secondary N) is 2. The number of thiophene rings is 1. The zero-order valence-electron chi connectivity index (χ0n) is 10.9. The van der Waals surface area contributed by atoms with Crippen molar-refractivity contribution in [3.05, 3.63) is 51.2 Å². The van der Waals surface area contributed by atoms with E-state index in [4.69, 9.17) is 11.6 Å². The molecular formula is C14H14ClN3OS. The first-order chi connectivity index (χ1) is 9.63. The minimum Gasteiger partial charge on any atom is -0.376 e. The van der Waals surface area contributed by atoms with Crippen LogP contribution in [-0.4, -0.2) is 18.7 Å². The number of anilines is 1. The maximum Gasteiger partial charge on any atom is 0.259 e. The fourth-order valence-corrected chi connectivity index (χ4v) is 2.39. The van der Waals surface area contributed by atoms with E-state index < -0.39 is 0 Å². The molecule has 2 N–H and O–H groups in total. The van der Waals surface area contributed by atoms with Gasteiger partial charge in [0.25, 0.3) is 5.91 Å². The first kappa shape index (κ1) is 14.6. The fourth-order valence-electron chi connectivity index (χ4n) is 1.46. The lowest BCUT2D eigenvalue weighted by molar-refractivity contribution is -0.119. The molecule has 6 heteroatoms. The molecule has 0 spiro atoms. The van der Waals surface area contributed by atoms with Gasteiger partial charge in [0.2, 0.25) is 0 Å². The lowest BCUT2D eigenvalue weighted by Gasteiger charge is -2.05. The topological polar surface area (TPSA) is 53.5 Å². The molecule has 0 radical (unpaired) electrons. The van der Waals surface area contributed by atoms with Gasteiger partial charge in [-0.25, -0.2) is 5.43 Å². The van der Waals surface area contributed by atoms with Gasteiger partial charge in [-0.05, 0) is 31.2 Å². The molecule has 2 rings (SSSR count). The SMILES string of the molecule is Cc1ccc(NCC(=O)N/N=C/c2ccc(Cl)s2)cc1. The van der Waals surface area contributed by atoms with Crippen LogP contribution in [0.4, 0.5) is 5.69 Å². The summed E-state index contributed by atoms with van der Waals surface area (Å²) in [7, 11) is 0. The molecule has 1 aromatic heterocycles. The highest BCUT2D eigenvalue weighted by molar-refractivity contribution is 7.17. The third-order valence-corrected chi connectivity index (χ3v) is 3.65. The molecule has 0 saturated carbocycles. The maximum atomic E-state index is 11.6. The van der Waals surface area contributed by atoms with Crippen LogP contribution in [0.5, 0.6) is 0 Å².